The van der Waals surface area contributed by atoms with Gasteiger partial charge in [-0.25, -0.2) is 4.98 Å². The average Bonchev–Trinajstić information content (AvgIpc) is 2.16. The smallest absolute Gasteiger partial charge is 0.237 e. The average molecular weight is 281 g/mol. The van der Waals surface area contributed by atoms with Gasteiger partial charge in [0.15, 0.2) is 0 Å². The standard InChI is InChI=1S/C7H7BrClN3O2/c1-14-6-2-4(9)10-7(12-6)11-5(13)3-8/h2H,3H2,1H3,(H,10,11,12,13). The number of nitrogens with one attached hydrogen (secondary N) is 1. The van der Waals surface area contributed by atoms with Gasteiger partial charge in [0.05, 0.1) is 12.4 Å². The Morgan fingerprint density at radius 1 is 1.71 bits per heavy atom. The third-order valence-corrected chi connectivity index (χ3v) is 1.96. The van der Waals surface area contributed by atoms with Crippen molar-refractivity contribution in [1.29, 1.82) is 0 Å². The van der Waals surface area contributed by atoms with Crippen molar-refractivity contribution >= 4 is 39.4 Å². The zero-order chi connectivity index (χ0) is 10.6. The first-order valence-corrected chi connectivity index (χ1v) is 5.10. The Labute approximate surface area is 94.0 Å². The fourth-order valence-corrected chi connectivity index (χ4v) is 1.03. The quantitative estimate of drug-likeness (QED) is 0.673. The summed E-state index contributed by atoms with van der Waals surface area (Å²) in [6, 6.07) is 1.45. The highest BCUT2D eigenvalue weighted by Crippen LogP contribution is 2.15. The third-order valence-electron chi connectivity index (χ3n) is 1.25. The van der Waals surface area contributed by atoms with Gasteiger partial charge in [-0.15, -0.1) is 0 Å². The number of hydrogen-bond donors (Lipinski definition) is 1. The lowest BCUT2D eigenvalue weighted by atomic mass is 10.6. The molecule has 0 aliphatic rings. The molecule has 0 aromatic carbocycles. The number of alkyl halides is 1. The minimum atomic E-state index is -0.255. The van der Waals surface area contributed by atoms with Crippen LogP contribution in [0.3, 0.4) is 0 Å². The van der Waals surface area contributed by atoms with Crippen LogP contribution >= 0.6 is 27.5 Å². The monoisotopic (exact) mass is 279 g/mol. The van der Waals surface area contributed by atoms with Crippen LogP contribution in [0.25, 0.3) is 0 Å². The largest absolute Gasteiger partial charge is 0.481 e. The summed E-state index contributed by atoms with van der Waals surface area (Å²) in [5, 5.41) is 2.82. The first-order valence-electron chi connectivity index (χ1n) is 3.60. The molecular weight excluding hydrogens is 273 g/mol. The highest BCUT2D eigenvalue weighted by Gasteiger charge is 2.06. The van der Waals surface area contributed by atoms with Crippen molar-refractivity contribution in [2.24, 2.45) is 0 Å². The lowest BCUT2D eigenvalue weighted by Gasteiger charge is -2.03. The van der Waals surface area contributed by atoms with E-state index < -0.39 is 0 Å². The Hall–Kier alpha value is -0.880. The summed E-state index contributed by atoms with van der Waals surface area (Å²) < 4.78 is 4.85. The molecule has 0 spiro atoms. The molecule has 14 heavy (non-hydrogen) atoms. The Bertz CT molecular complexity index is 348. The van der Waals surface area contributed by atoms with Gasteiger partial charge in [0.25, 0.3) is 0 Å². The minimum absolute atomic E-state index is 0.124. The van der Waals surface area contributed by atoms with Gasteiger partial charge in [0.1, 0.15) is 5.15 Å². The SMILES string of the molecule is COc1cc(Cl)nc(NC(=O)CBr)n1. The number of rotatable bonds is 3. The van der Waals surface area contributed by atoms with Crippen LogP contribution in [0.5, 0.6) is 5.88 Å². The van der Waals surface area contributed by atoms with Crippen molar-refractivity contribution in [3.8, 4) is 5.88 Å². The molecule has 1 aromatic heterocycles. The number of carbonyl (C=O) groups excluding carboxylic acids is 1. The predicted octanol–water partition coefficient (Wildman–Crippen LogP) is 1.47. The first kappa shape index (κ1) is 11.2. The molecule has 76 valence electrons. The highest BCUT2D eigenvalue weighted by atomic mass is 79.9. The molecule has 7 heteroatoms. The maximum atomic E-state index is 11.0. The van der Waals surface area contributed by atoms with Crippen LogP contribution in [0, 0.1) is 0 Å². The Morgan fingerprint density at radius 3 is 3.00 bits per heavy atom. The van der Waals surface area contributed by atoms with Gasteiger partial charge in [0.2, 0.25) is 17.7 Å². The van der Waals surface area contributed by atoms with E-state index >= 15 is 0 Å². The molecule has 1 heterocycles. The fraction of sp³-hybridized carbons (Fsp3) is 0.286. The van der Waals surface area contributed by atoms with E-state index in [-0.39, 0.29) is 22.3 Å². The van der Waals surface area contributed by atoms with Gasteiger partial charge in [-0.05, 0) is 0 Å². The number of halogens is 2. The lowest BCUT2D eigenvalue weighted by molar-refractivity contribution is -0.113. The predicted molar refractivity (Wildman–Crippen MR) is 56.0 cm³/mol. The maximum Gasteiger partial charge on any atom is 0.237 e. The van der Waals surface area contributed by atoms with Gasteiger partial charge in [-0.3, -0.25) is 10.1 Å². The molecule has 0 unspecified atom stereocenters. The molecule has 1 amide bonds. The number of carbonyl (C=O) groups is 1. The summed E-state index contributed by atoms with van der Waals surface area (Å²) >= 11 is 8.66. The third kappa shape index (κ3) is 3.12. The second-order valence-corrected chi connectivity index (χ2v) is 3.19. The van der Waals surface area contributed by atoms with Gasteiger partial charge in [-0.1, -0.05) is 27.5 Å². The van der Waals surface area contributed by atoms with Crippen LogP contribution in [-0.2, 0) is 4.79 Å². The van der Waals surface area contributed by atoms with E-state index in [1.165, 1.54) is 13.2 Å². The van der Waals surface area contributed by atoms with Crippen LogP contribution < -0.4 is 10.1 Å². The van der Waals surface area contributed by atoms with Crippen LogP contribution in [0.4, 0.5) is 5.95 Å². The number of aromatic nitrogens is 2. The number of ether oxygens (including phenoxy) is 1. The van der Waals surface area contributed by atoms with Gasteiger partial charge < -0.3 is 4.74 Å². The number of nitrogens with zero attached hydrogens (tertiary/aromatic N) is 2. The van der Waals surface area contributed by atoms with Crippen molar-refractivity contribution in [2.75, 3.05) is 17.8 Å². The maximum absolute atomic E-state index is 11.0. The second-order valence-electron chi connectivity index (χ2n) is 2.24. The van der Waals surface area contributed by atoms with E-state index in [0.29, 0.717) is 5.88 Å². The zero-order valence-electron chi connectivity index (χ0n) is 7.25. The molecule has 0 aliphatic carbocycles. The number of hydrogen-bond acceptors (Lipinski definition) is 4. The highest BCUT2D eigenvalue weighted by molar-refractivity contribution is 9.09. The summed E-state index contributed by atoms with van der Waals surface area (Å²) in [6.07, 6.45) is 0. The van der Waals surface area contributed by atoms with E-state index in [1.54, 1.807) is 0 Å². The molecule has 0 fully saturated rings. The van der Waals surface area contributed by atoms with Crippen LogP contribution in [0.15, 0.2) is 6.07 Å². The summed E-state index contributed by atoms with van der Waals surface area (Å²) in [5.41, 5.74) is 0. The van der Waals surface area contributed by atoms with Gasteiger partial charge in [-0.2, -0.15) is 4.98 Å². The molecule has 0 atom stereocenters. The summed E-state index contributed by atoms with van der Waals surface area (Å²) in [6.45, 7) is 0. The molecule has 0 saturated carbocycles. The van der Waals surface area contributed by atoms with Crippen LogP contribution in [0.2, 0.25) is 5.15 Å². The van der Waals surface area contributed by atoms with Gasteiger partial charge in [0, 0.05) is 6.07 Å². The number of anilines is 1. The number of methoxy groups -OCH3 is 1. The van der Waals surface area contributed by atoms with Crippen molar-refractivity contribution in [1.82, 2.24) is 9.97 Å². The zero-order valence-corrected chi connectivity index (χ0v) is 9.59. The second kappa shape index (κ2) is 5.11. The van der Waals surface area contributed by atoms with Gasteiger partial charge >= 0.3 is 0 Å². The Balaban J connectivity index is 2.86. The van der Waals surface area contributed by atoms with E-state index in [2.05, 4.69) is 31.2 Å². The first-order chi connectivity index (χ1) is 6.65. The Kier molecular flexibility index (Phi) is 4.09. The van der Waals surface area contributed by atoms with Crippen molar-refractivity contribution in [3.05, 3.63) is 11.2 Å². The molecule has 5 nitrogen and oxygen atoms in total. The summed E-state index contributed by atoms with van der Waals surface area (Å²) in [7, 11) is 1.45. The molecule has 1 aromatic rings. The molecule has 0 aliphatic heterocycles. The molecule has 1 rings (SSSR count). The normalized spacial score (nSPS) is 9.64. The van der Waals surface area contributed by atoms with E-state index in [9.17, 15) is 4.79 Å². The fourth-order valence-electron chi connectivity index (χ4n) is 0.716. The van der Waals surface area contributed by atoms with Crippen molar-refractivity contribution in [2.45, 2.75) is 0 Å². The lowest BCUT2D eigenvalue weighted by Crippen LogP contribution is -2.14. The van der Waals surface area contributed by atoms with Crippen LogP contribution in [0.1, 0.15) is 0 Å². The molecular formula is C7H7BrClN3O2. The molecule has 0 bridgehead atoms. The molecule has 0 saturated heterocycles. The summed E-state index contributed by atoms with van der Waals surface area (Å²) in [5.74, 6) is 0.169. The van der Waals surface area contributed by atoms with Crippen molar-refractivity contribution < 1.29 is 9.53 Å². The Morgan fingerprint density at radius 2 is 2.43 bits per heavy atom. The minimum Gasteiger partial charge on any atom is -0.481 e. The van der Waals surface area contributed by atoms with E-state index in [0.717, 1.165) is 0 Å². The number of amides is 1. The van der Waals surface area contributed by atoms with Crippen molar-refractivity contribution in [3.63, 3.8) is 0 Å². The van der Waals surface area contributed by atoms with E-state index in [1.807, 2.05) is 0 Å². The summed E-state index contributed by atoms with van der Waals surface area (Å²) in [4.78, 5) is 18.6. The molecule has 1 N–H and O–H groups in total. The molecule has 0 radical (unpaired) electrons. The topological polar surface area (TPSA) is 64.1 Å². The van der Waals surface area contributed by atoms with Crippen LogP contribution in [-0.4, -0.2) is 28.3 Å². The van der Waals surface area contributed by atoms with E-state index in [4.69, 9.17) is 16.3 Å².